The van der Waals surface area contributed by atoms with Gasteiger partial charge in [0.05, 0.1) is 12.1 Å². The monoisotopic (exact) mass is 384 g/mol. The van der Waals surface area contributed by atoms with Gasteiger partial charge in [-0.15, -0.1) is 0 Å². The fraction of sp³-hybridized carbons (Fsp3) is 0.350. The summed E-state index contributed by atoms with van der Waals surface area (Å²) in [6.07, 6.45) is 5.97. The van der Waals surface area contributed by atoms with Crippen LogP contribution in [-0.2, 0) is 13.5 Å². The van der Waals surface area contributed by atoms with Crippen LogP contribution in [0.1, 0.15) is 46.5 Å². The van der Waals surface area contributed by atoms with Gasteiger partial charge in [0.2, 0.25) is 0 Å². The van der Waals surface area contributed by atoms with E-state index >= 15 is 0 Å². The van der Waals surface area contributed by atoms with Gasteiger partial charge in [-0.05, 0) is 36.6 Å². The van der Waals surface area contributed by atoms with Crippen LogP contribution >= 0.6 is 11.6 Å². The maximum absolute atomic E-state index is 12.7. The number of piperidine rings is 1. The topological polar surface area (TPSA) is 64.2 Å². The molecule has 4 rings (SSSR count). The van der Waals surface area contributed by atoms with Crippen LogP contribution in [0.25, 0.3) is 0 Å². The highest BCUT2D eigenvalue weighted by atomic mass is 35.5. The van der Waals surface area contributed by atoms with E-state index in [1.807, 2.05) is 29.2 Å². The number of aromatic nitrogens is 3. The molecule has 0 radical (unpaired) electrons. The summed E-state index contributed by atoms with van der Waals surface area (Å²) in [6.45, 7) is 1.36. The smallest absolute Gasteiger partial charge is 0.272 e. The van der Waals surface area contributed by atoms with Crippen LogP contribution in [0.15, 0.2) is 47.1 Å². The lowest BCUT2D eigenvalue weighted by atomic mass is 9.97. The molecule has 1 fully saturated rings. The maximum Gasteiger partial charge on any atom is 0.272 e. The number of nitrogens with zero attached hydrogens (tertiary/aromatic N) is 4. The van der Waals surface area contributed by atoms with E-state index in [2.05, 4.69) is 10.1 Å². The molecule has 0 saturated carbocycles. The number of rotatable bonds is 4. The molecule has 1 atom stereocenters. The van der Waals surface area contributed by atoms with E-state index in [-0.39, 0.29) is 11.8 Å². The molecule has 0 aliphatic carbocycles. The van der Waals surface area contributed by atoms with Crippen LogP contribution < -0.4 is 0 Å². The summed E-state index contributed by atoms with van der Waals surface area (Å²) in [5, 5.41) is 4.80. The minimum Gasteiger partial charge on any atom is -0.445 e. The molecule has 0 unspecified atom stereocenters. The average molecular weight is 385 g/mol. The number of benzene rings is 1. The number of hydrogen-bond acceptors (Lipinski definition) is 4. The first-order valence-electron chi connectivity index (χ1n) is 9.06. The highest BCUT2D eigenvalue weighted by molar-refractivity contribution is 6.30. The Bertz CT molecular complexity index is 949. The van der Waals surface area contributed by atoms with Crippen molar-refractivity contribution in [3.8, 4) is 0 Å². The maximum atomic E-state index is 12.7. The standard InChI is InChI=1S/C20H21ClN4O2/c1-24-18(7-8-23-24)20(26)25-9-3-5-15(13-25)19-22-12-17(27-19)11-14-4-2-6-16(21)10-14/h2,4,6-8,10,12,15H,3,5,9,11,13H2,1H3/t15-/m1/s1. The first kappa shape index (κ1) is 17.8. The molecule has 7 heteroatoms. The van der Waals surface area contributed by atoms with E-state index in [1.165, 1.54) is 0 Å². The number of carbonyl (C=O) groups is 1. The molecular weight excluding hydrogens is 364 g/mol. The van der Waals surface area contributed by atoms with E-state index < -0.39 is 0 Å². The van der Waals surface area contributed by atoms with E-state index in [4.69, 9.17) is 16.0 Å². The number of hydrogen-bond donors (Lipinski definition) is 0. The number of carbonyl (C=O) groups excluding carboxylic acids is 1. The van der Waals surface area contributed by atoms with Crippen LogP contribution in [0.3, 0.4) is 0 Å². The predicted molar refractivity (Wildman–Crippen MR) is 102 cm³/mol. The van der Waals surface area contributed by atoms with Crippen LogP contribution in [-0.4, -0.2) is 38.7 Å². The first-order chi connectivity index (χ1) is 13.1. The van der Waals surface area contributed by atoms with Crippen molar-refractivity contribution in [2.45, 2.75) is 25.2 Å². The summed E-state index contributed by atoms with van der Waals surface area (Å²) in [6, 6.07) is 9.48. The van der Waals surface area contributed by atoms with Gasteiger partial charge >= 0.3 is 0 Å². The molecule has 1 aromatic carbocycles. The van der Waals surface area contributed by atoms with Crippen molar-refractivity contribution in [3.63, 3.8) is 0 Å². The van der Waals surface area contributed by atoms with Crippen molar-refractivity contribution in [2.24, 2.45) is 7.05 Å². The first-order valence-corrected chi connectivity index (χ1v) is 9.44. The van der Waals surface area contributed by atoms with Crippen molar-refractivity contribution in [3.05, 3.63) is 70.7 Å². The summed E-state index contributed by atoms with van der Waals surface area (Å²) in [4.78, 5) is 19.1. The third-order valence-corrected chi connectivity index (χ3v) is 5.17. The number of oxazole rings is 1. The Morgan fingerprint density at radius 2 is 2.26 bits per heavy atom. The Labute approximate surface area is 162 Å². The van der Waals surface area contributed by atoms with E-state index in [0.29, 0.717) is 29.6 Å². The van der Waals surface area contributed by atoms with Crippen LogP contribution in [0.4, 0.5) is 0 Å². The lowest BCUT2D eigenvalue weighted by molar-refractivity contribution is 0.0686. The van der Waals surface area contributed by atoms with Crippen molar-refractivity contribution in [1.29, 1.82) is 0 Å². The summed E-state index contributed by atoms with van der Waals surface area (Å²) in [5.74, 6) is 1.63. The second-order valence-electron chi connectivity index (χ2n) is 6.90. The quantitative estimate of drug-likeness (QED) is 0.688. The SMILES string of the molecule is Cn1nccc1C(=O)N1CCC[C@@H](c2ncc(Cc3cccc(Cl)c3)o2)C1. The number of likely N-dealkylation sites (tertiary alicyclic amines) is 1. The zero-order chi connectivity index (χ0) is 18.8. The average Bonchev–Trinajstić information content (AvgIpc) is 3.30. The normalized spacial score (nSPS) is 17.3. The minimum atomic E-state index is 0.00501. The third kappa shape index (κ3) is 3.90. The molecule has 0 spiro atoms. The van der Waals surface area contributed by atoms with Gasteiger partial charge in [-0.3, -0.25) is 9.48 Å². The summed E-state index contributed by atoms with van der Waals surface area (Å²) < 4.78 is 7.61. The highest BCUT2D eigenvalue weighted by Crippen LogP contribution is 2.28. The summed E-state index contributed by atoms with van der Waals surface area (Å²) >= 11 is 6.05. The van der Waals surface area contributed by atoms with Gasteiger partial charge in [0, 0.05) is 37.8 Å². The Morgan fingerprint density at radius 1 is 1.37 bits per heavy atom. The summed E-state index contributed by atoms with van der Waals surface area (Å²) in [5.41, 5.74) is 1.69. The molecule has 0 bridgehead atoms. The Kier molecular flexibility index (Phi) is 4.99. The molecule has 0 N–H and O–H groups in total. The van der Waals surface area contributed by atoms with E-state index in [1.54, 1.807) is 30.2 Å². The zero-order valence-corrected chi connectivity index (χ0v) is 15.9. The van der Waals surface area contributed by atoms with Crippen molar-refractivity contribution < 1.29 is 9.21 Å². The van der Waals surface area contributed by atoms with Gasteiger partial charge < -0.3 is 9.32 Å². The molecule has 1 aliphatic rings. The van der Waals surface area contributed by atoms with Crippen LogP contribution in [0.2, 0.25) is 5.02 Å². The largest absolute Gasteiger partial charge is 0.445 e. The molecule has 6 nitrogen and oxygen atoms in total. The molecule has 1 saturated heterocycles. The fourth-order valence-electron chi connectivity index (χ4n) is 3.55. The molecule has 3 heterocycles. The summed E-state index contributed by atoms with van der Waals surface area (Å²) in [7, 11) is 1.78. The van der Waals surface area contributed by atoms with Gasteiger partial charge in [-0.25, -0.2) is 4.98 Å². The van der Waals surface area contributed by atoms with Crippen LogP contribution in [0.5, 0.6) is 0 Å². The molecule has 1 amide bonds. The number of aryl methyl sites for hydroxylation is 1. The van der Waals surface area contributed by atoms with Gasteiger partial charge in [0.15, 0.2) is 5.89 Å². The Morgan fingerprint density at radius 3 is 3.04 bits per heavy atom. The molecule has 3 aromatic rings. The lowest BCUT2D eigenvalue weighted by Crippen LogP contribution is -2.40. The van der Waals surface area contributed by atoms with Gasteiger partial charge in [0.1, 0.15) is 11.5 Å². The van der Waals surface area contributed by atoms with E-state index in [0.717, 1.165) is 30.7 Å². The highest BCUT2D eigenvalue weighted by Gasteiger charge is 2.29. The molecule has 1 aliphatic heterocycles. The predicted octanol–water partition coefficient (Wildman–Crippen LogP) is 3.67. The fourth-order valence-corrected chi connectivity index (χ4v) is 3.76. The Hall–Kier alpha value is -2.60. The van der Waals surface area contributed by atoms with Crippen LogP contribution in [0, 0.1) is 0 Å². The minimum absolute atomic E-state index is 0.00501. The van der Waals surface area contributed by atoms with Crippen molar-refractivity contribution in [2.75, 3.05) is 13.1 Å². The van der Waals surface area contributed by atoms with E-state index in [9.17, 15) is 4.79 Å². The zero-order valence-electron chi connectivity index (χ0n) is 15.1. The van der Waals surface area contributed by atoms with Crippen molar-refractivity contribution >= 4 is 17.5 Å². The number of halogens is 1. The van der Waals surface area contributed by atoms with Gasteiger partial charge in [-0.1, -0.05) is 23.7 Å². The Balaban J connectivity index is 1.45. The number of amides is 1. The second-order valence-corrected chi connectivity index (χ2v) is 7.34. The second kappa shape index (κ2) is 7.56. The van der Waals surface area contributed by atoms with Gasteiger partial charge in [0.25, 0.3) is 5.91 Å². The molecule has 27 heavy (non-hydrogen) atoms. The van der Waals surface area contributed by atoms with Gasteiger partial charge in [-0.2, -0.15) is 5.10 Å². The molecule has 2 aromatic heterocycles. The molecule has 140 valence electrons. The third-order valence-electron chi connectivity index (χ3n) is 4.94. The lowest BCUT2D eigenvalue weighted by Gasteiger charge is -2.31. The molecular formula is C20H21ClN4O2. The van der Waals surface area contributed by atoms with Crippen molar-refractivity contribution in [1.82, 2.24) is 19.7 Å².